The number of carbonyl (C=O) groups is 2. The maximum Gasteiger partial charge on any atom is 0.356 e. The van der Waals surface area contributed by atoms with Crippen LogP contribution in [0.25, 0.3) is 0 Å². The molecular weight excluding hydrogens is 360 g/mol. The van der Waals surface area contributed by atoms with E-state index in [0.717, 1.165) is 26.1 Å². The fraction of sp³-hybridized carbons (Fsp3) is 0.450. The molecule has 1 unspecified atom stereocenters. The van der Waals surface area contributed by atoms with E-state index in [1.54, 1.807) is 4.90 Å². The number of aromatic nitrogens is 2. The van der Waals surface area contributed by atoms with E-state index in [9.17, 15) is 9.59 Å². The lowest BCUT2D eigenvalue weighted by atomic mass is 10.2. The number of hydrogen-bond acceptors (Lipinski definition) is 5. The van der Waals surface area contributed by atoms with Crippen molar-refractivity contribution in [2.75, 3.05) is 32.8 Å². The van der Waals surface area contributed by atoms with E-state index < -0.39 is 5.97 Å². The summed E-state index contributed by atoms with van der Waals surface area (Å²) in [5, 5.41) is 13.1. The molecule has 28 heavy (non-hydrogen) atoms. The molecule has 1 amide bonds. The molecule has 1 N–H and O–H groups in total. The number of hydrogen-bond donors (Lipinski definition) is 1. The summed E-state index contributed by atoms with van der Waals surface area (Å²) in [5.74, 6) is -1.31. The van der Waals surface area contributed by atoms with Crippen LogP contribution in [0.4, 0.5) is 0 Å². The number of ether oxygens (including phenoxy) is 1. The van der Waals surface area contributed by atoms with E-state index in [0.29, 0.717) is 31.9 Å². The maximum absolute atomic E-state index is 12.8. The third-order valence-corrected chi connectivity index (χ3v) is 5.19. The predicted molar refractivity (Wildman–Crippen MR) is 101 cm³/mol. The molecule has 0 aliphatic carbocycles. The van der Waals surface area contributed by atoms with Gasteiger partial charge in [0.15, 0.2) is 5.69 Å². The topological polar surface area (TPSA) is 87.9 Å². The standard InChI is InChI=1S/C20H24N4O4/c25-19-18-11-17(20(26)27)21-24(18)9-8-23(19)14-16-13-22(7-4-10-28-16)12-15-5-2-1-3-6-15/h1-3,5-6,11,16H,4,7-10,12-14H2,(H,26,27). The Hall–Kier alpha value is -2.71. The summed E-state index contributed by atoms with van der Waals surface area (Å²) < 4.78 is 7.49. The first-order valence-corrected chi connectivity index (χ1v) is 9.58. The molecule has 1 fully saturated rings. The van der Waals surface area contributed by atoms with Crippen molar-refractivity contribution < 1.29 is 19.4 Å². The normalized spacial score (nSPS) is 20.6. The fourth-order valence-electron chi connectivity index (χ4n) is 3.83. The average Bonchev–Trinajstić information content (AvgIpc) is 3.02. The van der Waals surface area contributed by atoms with Gasteiger partial charge in [-0.1, -0.05) is 30.3 Å². The number of carbonyl (C=O) groups excluding carboxylic acids is 1. The van der Waals surface area contributed by atoms with Crippen LogP contribution in [0.15, 0.2) is 36.4 Å². The van der Waals surface area contributed by atoms with Gasteiger partial charge in [-0.25, -0.2) is 4.79 Å². The van der Waals surface area contributed by atoms with Gasteiger partial charge in [-0.05, 0) is 12.0 Å². The van der Waals surface area contributed by atoms with Gasteiger partial charge in [0.2, 0.25) is 0 Å². The molecule has 0 saturated carbocycles. The molecule has 2 aromatic rings. The van der Waals surface area contributed by atoms with Crippen LogP contribution >= 0.6 is 0 Å². The lowest BCUT2D eigenvalue weighted by molar-refractivity contribution is 0.0198. The largest absolute Gasteiger partial charge is 0.476 e. The zero-order chi connectivity index (χ0) is 19.5. The van der Waals surface area contributed by atoms with E-state index in [4.69, 9.17) is 9.84 Å². The van der Waals surface area contributed by atoms with Crippen molar-refractivity contribution in [3.8, 4) is 0 Å². The van der Waals surface area contributed by atoms with Gasteiger partial charge in [0.1, 0.15) is 5.69 Å². The minimum Gasteiger partial charge on any atom is -0.476 e. The van der Waals surface area contributed by atoms with Crippen molar-refractivity contribution in [3.05, 3.63) is 53.3 Å². The Balaban J connectivity index is 1.41. The maximum atomic E-state index is 12.8. The summed E-state index contributed by atoms with van der Waals surface area (Å²) in [6, 6.07) is 11.7. The lowest BCUT2D eigenvalue weighted by Crippen LogP contribution is -2.47. The van der Waals surface area contributed by atoms with E-state index in [-0.39, 0.29) is 17.7 Å². The number of benzene rings is 1. The second kappa shape index (κ2) is 8.12. The third kappa shape index (κ3) is 4.07. The molecule has 1 aromatic carbocycles. The Morgan fingerprint density at radius 1 is 1.21 bits per heavy atom. The highest BCUT2D eigenvalue weighted by Gasteiger charge is 2.30. The van der Waals surface area contributed by atoms with Gasteiger partial charge < -0.3 is 14.7 Å². The Morgan fingerprint density at radius 2 is 2.04 bits per heavy atom. The Labute approximate surface area is 163 Å². The van der Waals surface area contributed by atoms with Gasteiger partial charge in [-0.15, -0.1) is 0 Å². The first-order chi connectivity index (χ1) is 13.6. The van der Waals surface area contributed by atoms with Crippen molar-refractivity contribution in [2.24, 2.45) is 0 Å². The number of carboxylic acid groups (broad SMARTS) is 1. The highest BCUT2D eigenvalue weighted by atomic mass is 16.5. The van der Waals surface area contributed by atoms with Crippen LogP contribution < -0.4 is 0 Å². The number of aromatic carboxylic acids is 1. The van der Waals surface area contributed by atoms with Crippen molar-refractivity contribution in [1.29, 1.82) is 0 Å². The van der Waals surface area contributed by atoms with Gasteiger partial charge in [0, 0.05) is 45.4 Å². The van der Waals surface area contributed by atoms with Crippen LogP contribution in [-0.4, -0.2) is 75.5 Å². The molecule has 1 aromatic heterocycles. The van der Waals surface area contributed by atoms with Gasteiger partial charge in [-0.2, -0.15) is 5.10 Å². The fourth-order valence-corrected chi connectivity index (χ4v) is 3.83. The summed E-state index contributed by atoms with van der Waals surface area (Å²) in [5.41, 5.74) is 1.51. The Morgan fingerprint density at radius 3 is 2.82 bits per heavy atom. The molecule has 0 spiro atoms. The SMILES string of the molecule is O=C(O)c1cc2n(n1)CCN(CC1CN(Cc3ccccc3)CCCO1)C2=O. The molecular formula is C20H24N4O4. The zero-order valence-electron chi connectivity index (χ0n) is 15.7. The molecule has 0 radical (unpaired) electrons. The lowest BCUT2D eigenvalue weighted by Gasteiger charge is -2.32. The first kappa shape index (κ1) is 18.6. The summed E-state index contributed by atoms with van der Waals surface area (Å²) in [6.07, 6.45) is 0.898. The smallest absolute Gasteiger partial charge is 0.356 e. The molecule has 1 atom stereocenters. The number of fused-ring (bicyclic) bond motifs is 1. The molecule has 8 heteroatoms. The van der Waals surface area contributed by atoms with E-state index in [2.05, 4.69) is 22.1 Å². The summed E-state index contributed by atoms with van der Waals surface area (Å²) in [4.78, 5) is 28.0. The van der Waals surface area contributed by atoms with Gasteiger partial charge in [0.05, 0.1) is 12.6 Å². The van der Waals surface area contributed by atoms with E-state index in [1.807, 2.05) is 18.2 Å². The Bertz CT molecular complexity index is 851. The third-order valence-electron chi connectivity index (χ3n) is 5.19. The van der Waals surface area contributed by atoms with Crippen molar-refractivity contribution >= 4 is 11.9 Å². The van der Waals surface area contributed by atoms with Crippen LogP contribution in [0.5, 0.6) is 0 Å². The molecule has 8 nitrogen and oxygen atoms in total. The van der Waals surface area contributed by atoms with Gasteiger partial charge in [-0.3, -0.25) is 14.4 Å². The monoisotopic (exact) mass is 384 g/mol. The van der Waals surface area contributed by atoms with Crippen molar-refractivity contribution in [1.82, 2.24) is 19.6 Å². The quantitative estimate of drug-likeness (QED) is 0.837. The van der Waals surface area contributed by atoms with Crippen LogP contribution in [0, 0.1) is 0 Å². The summed E-state index contributed by atoms with van der Waals surface area (Å²) in [6.45, 7) is 4.77. The summed E-state index contributed by atoms with van der Waals surface area (Å²) >= 11 is 0. The number of nitrogens with zero attached hydrogens (tertiary/aromatic N) is 4. The van der Waals surface area contributed by atoms with Crippen molar-refractivity contribution in [2.45, 2.75) is 25.6 Å². The first-order valence-electron chi connectivity index (χ1n) is 9.58. The molecule has 4 rings (SSSR count). The minimum atomic E-state index is -1.12. The second-order valence-corrected chi connectivity index (χ2v) is 7.26. The number of amides is 1. The van der Waals surface area contributed by atoms with Gasteiger partial charge in [0.25, 0.3) is 5.91 Å². The minimum absolute atomic E-state index is 0.0661. The molecule has 2 aliphatic heterocycles. The highest BCUT2D eigenvalue weighted by molar-refractivity contribution is 5.96. The second-order valence-electron chi connectivity index (χ2n) is 7.26. The van der Waals surface area contributed by atoms with E-state index >= 15 is 0 Å². The van der Waals surface area contributed by atoms with Crippen molar-refractivity contribution in [3.63, 3.8) is 0 Å². The van der Waals surface area contributed by atoms with Crippen LogP contribution in [-0.2, 0) is 17.8 Å². The van der Waals surface area contributed by atoms with Gasteiger partial charge >= 0.3 is 5.97 Å². The Kier molecular flexibility index (Phi) is 5.40. The average molecular weight is 384 g/mol. The molecule has 1 saturated heterocycles. The summed E-state index contributed by atoms with van der Waals surface area (Å²) in [7, 11) is 0. The molecule has 2 aliphatic rings. The van der Waals surface area contributed by atoms with Crippen LogP contribution in [0.2, 0.25) is 0 Å². The molecule has 148 valence electrons. The van der Waals surface area contributed by atoms with Crippen LogP contribution in [0.3, 0.4) is 0 Å². The van der Waals surface area contributed by atoms with E-state index in [1.165, 1.54) is 16.3 Å². The number of carboxylic acids is 1. The zero-order valence-corrected chi connectivity index (χ0v) is 15.7. The number of rotatable bonds is 5. The highest BCUT2D eigenvalue weighted by Crippen LogP contribution is 2.17. The molecule has 0 bridgehead atoms. The molecule has 3 heterocycles. The predicted octanol–water partition coefficient (Wildman–Crippen LogP) is 1.33. The van der Waals surface area contributed by atoms with Crippen LogP contribution in [0.1, 0.15) is 33.0 Å².